The van der Waals surface area contributed by atoms with E-state index < -0.39 is 5.97 Å². The molecule has 2 N–H and O–H groups in total. The van der Waals surface area contributed by atoms with Crippen LogP contribution in [0.5, 0.6) is 5.75 Å². The summed E-state index contributed by atoms with van der Waals surface area (Å²) in [5.74, 6) is -1.48. The van der Waals surface area contributed by atoms with Crippen molar-refractivity contribution < 1.29 is 15.0 Å². The molecular formula is C17H12N2O3. The van der Waals surface area contributed by atoms with Crippen LogP contribution >= 0.6 is 0 Å². The summed E-state index contributed by atoms with van der Waals surface area (Å²) in [5, 5.41) is 28.1. The minimum absolute atomic E-state index is 0.152. The predicted molar refractivity (Wildman–Crippen MR) is 80.9 cm³/mol. The van der Waals surface area contributed by atoms with E-state index >= 15 is 0 Å². The number of nitrogens with zero attached hydrogens (tertiary/aromatic N) is 2. The quantitative estimate of drug-likeness (QED) is 0.759. The average Bonchev–Trinajstić information content (AvgIpc) is 2.84. The van der Waals surface area contributed by atoms with Gasteiger partial charge in [0.05, 0.1) is 16.8 Å². The Labute approximate surface area is 126 Å². The largest absolute Gasteiger partial charge is 0.507 e. The molecule has 5 heteroatoms. The van der Waals surface area contributed by atoms with Gasteiger partial charge in [0, 0.05) is 11.8 Å². The second-order valence-corrected chi connectivity index (χ2v) is 5.05. The number of pyridine rings is 1. The van der Waals surface area contributed by atoms with Gasteiger partial charge in [-0.2, -0.15) is 5.26 Å². The topological polar surface area (TPSA) is 85.7 Å². The Kier molecular flexibility index (Phi) is 3.08. The standard InChI is InChI=1S/C17H12N2O3/c1-10-4-5-19-14(6-10)12(9-18)7-15(19)11-2-3-13(17(21)22)16(20)8-11/h2-8,20H,1H3,(H,21,22). The smallest absolute Gasteiger partial charge is 0.339 e. The normalized spacial score (nSPS) is 10.5. The molecule has 3 rings (SSSR count). The summed E-state index contributed by atoms with van der Waals surface area (Å²) in [6.45, 7) is 1.95. The molecule has 0 aliphatic rings. The third-order valence-corrected chi connectivity index (χ3v) is 3.57. The fourth-order valence-electron chi connectivity index (χ4n) is 2.49. The molecule has 2 aromatic heterocycles. The first-order valence-electron chi connectivity index (χ1n) is 6.60. The zero-order valence-corrected chi connectivity index (χ0v) is 11.7. The molecule has 22 heavy (non-hydrogen) atoms. The number of carboxylic acids is 1. The molecule has 1 aromatic carbocycles. The second-order valence-electron chi connectivity index (χ2n) is 5.05. The molecule has 0 saturated carbocycles. The molecule has 0 unspecified atom stereocenters. The van der Waals surface area contributed by atoms with E-state index in [0.29, 0.717) is 11.1 Å². The molecule has 0 saturated heterocycles. The Morgan fingerprint density at radius 2 is 2.00 bits per heavy atom. The van der Waals surface area contributed by atoms with Crippen LogP contribution in [0.4, 0.5) is 0 Å². The van der Waals surface area contributed by atoms with Gasteiger partial charge in [0.25, 0.3) is 0 Å². The minimum Gasteiger partial charge on any atom is -0.507 e. The van der Waals surface area contributed by atoms with E-state index in [9.17, 15) is 15.2 Å². The number of carbonyl (C=O) groups is 1. The van der Waals surface area contributed by atoms with Crippen LogP contribution in [0, 0.1) is 18.3 Å². The maximum atomic E-state index is 11.0. The van der Waals surface area contributed by atoms with E-state index in [1.165, 1.54) is 12.1 Å². The number of aromatic nitrogens is 1. The van der Waals surface area contributed by atoms with Crippen molar-refractivity contribution in [3.05, 3.63) is 59.3 Å². The van der Waals surface area contributed by atoms with E-state index in [1.54, 1.807) is 12.1 Å². The number of carboxylic acid groups (broad SMARTS) is 1. The highest BCUT2D eigenvalue weighted by Crippen LogP contribution is 2.30. The van der Waals surface area contributed by atoms with E-state index in [4.69, 9.17) is 5.11 Å². The van der Waals surface area contributed by atoms with Gasteiger partial charge in [-0.3, -0.25) is 0 Å². The summed E-state index contributed by atoms with van der Waals surface area (Å²) in [7, 11) is 0. The van der Waals surface area contributed by atoms with Crippen molar-refractivity contribution in [2.24, 2.45) is 0 Å². The number of rotatable bonds is 2. The number of hydrogen-bond acceptors (Lipinski definition) is 3. The number of aromatic hydroxyl groups is 1. The maximum absolute atomic E-state index is 11.0. The van der Waals surface area contributed by atoms with Crippen molar-refractivity contribution in [3.63, 3.8) is 0 Å². The van der Waals surface area contributed by atoms with Gasteiger partial charge < -0.3 is 14.6 Å². The van der Waals surface area contributed by atoms with Gasteiger partial charge in [-0.1, -0.05) is 6.07 Å². The number of nitriles is 1. The van der Waals surface area contributed by atoms with Crippen molar-refractivity contribution >= 4 is 11.5 Å². The monoisotopic (exact) mass is 292 g/mol. The van der Waals surface area contributed by atoms with E-state index in [2.05, 4.69) is 6.07 Å². The average molecular weight is 292 g/mol. The van der Waals surface area contributed by atoms with Crippen molar-refractivity contribution in [1.29, 1.82) is 5.26 Å². The lowest BCUT2D eigenvalue weighted by Crippen LogP contribution is -1.97. The first-order valence-corrected chi connectivity index (χ1v) is 6.60. The first-order chi connectivity index (χ1) is 10.5. The van der Waals surface area contributed by atoms with Crippen LogP contribution in [-0.4, -0.2) is 20.6 Å². The lowest BCUT2D eigenvalue weighted by Gasteiger charge is -2.06. The lowest BCUT2D eigenvalue weighted by molar-refractivity contribution is 0.0694. The van der Waals surface area contributed by atoms with E-state index in [1.807, 2.05) is 29.7 Å². The molecule has 0 atom stereocenters. The van der Waals surface area contributed by atoms with Crippen LogP contribution in [0.25, 0.3) is 16.8 Å². The fourth-order valence-corrected chi connectivity index (χ4v) is 2.49. The van der Waals surface area contributed by atoms with Crippen LogP contribution in [0.15, 0.2) is 42.6 Å². The highest BCUT2D eigenvalue weighted by atomic mass is 16.4. The fraction of sp³-hybridized carbons (Fsp3) is 0.0588. The van der Waals surface area contributed by atoms with Crippen molar-refractivity contribution in [2.45, 2.75) is 6.92 Å². The number of hydrogen-bond donors (Lipinski definition) is 2. The molecule has 0 bridgehead atoms. The number of fused-ring (bicyclic) bond motifs is 1. The number of aromatic carboxylic acids is 1. The van der Waals surface area contributed by atoms with Gasteiger partial charge in [-0.15, -0.1) is 0 Å². The van der Waals surface area contributed by atoms with Crippen molar-refractivity contribution in [2.75, 3.05) is 0 Å². The zero-order chi connectivity index (χ0) is 15.9. The number of benzene rings is 1. The van der Waals surface area contributed by atoms with Gasteiger partial charge in [0.2, 0.25) is 0 Å². The molecule has 0 amide bonds. The summed E-state index contributed by atoms with van der Waals surface area (Å²) in [5.41, 5.74) is 3.56. The van der Waals surface area contributed by atoms with Gasteiger partial charge in [-0.25, -0.2) is 4.79 Å². The third-order valence-electron chi connectivity index (χ3n) is 3.57. The Hall–Kier alpha value is -3.26. The first kappa shape index (κ1) is 13.7. The molecule has 0 aliphatic heterocycles. The van der Waals surface area contributed by atoms with Crippen LogP contribution in [0.1, 0.15) is 21.5 Å². The molecule has 0 radical (unpaired) electrons. The van der Waals surface area contributed by atoms with Crippen LogP contribution in [0.2, 0.25) is 0 Å². The Morgan fingerprint density at radius 1 is 1.23 bits per heavy atom. The molecule has 5 nitrogen and oxygen atoms in total. The summed E-state index contributed by atoms with van der Waals surface area (Å²) >= 11 is 0. The SMILES string of the molecule is Cc1ccn2c(-c3ccc(C(=O)O)c(O)c3)cc(C#N)c2c1. The Morgan fingerprint density at radius 3 is 2.64 bits per heavy atom. The van der Waals surface area contributed by atoms with Gasteiger partial charge >= 0.3 is 5.97 Å². The summed E-state index contributed by atoms with van der Waals surface area (Å²) in [6.07, 6.45) is 1.85. The minimum atomic E-state index is -1.18. The third kappa shape index (κ3) is 2.07. The van der Waals surface area contributed by atoms with Gasteiger partial charge in [0.1, 0.15) is 17.4 Å². The van der Waals surface area contributed by atoms with E-state index in [-0.39, 0.29) is 11.3 Å². The number of aryl methyl sites for hydroxylation is 1. The molecular weight excluding hydrogens is 280 g/mol. The molecule has 108 valence electrons. The molecule has 2 heterocycles. The number of phenols is 1. The van der Waals surface area contributed by atoms with Crippen molar-refractivity contribution in [1.82, 2.24) is 4.40 Å². The Bertz CT molecular complexity index is 948. The highest BCUT2D eigenvalue weighted by Gasteiger charge is 2.14. The summed E-state index contributed by atoms with van der Waals surface area (Å²) in [4.78, 5) is 11.0. The summed E-state index contributed by atoms with van der Waals surface area (Å²) in [6, 6.07) is 12.1. The van der Waals surface area contributed by atoms with Gasteiger partial charge in [0.15, 0.2) is 0 Å². The summed E-state index contributed by atoms with van der Waals surface area (Å²) < 4.78 is 1.85. The maximum Gasteiger partial charge on any atom is 0.339 e. The second kappa shape index (κ2) is 4.93. The van der Waals surface area contributed by atoms with Crippen molar-refractivity contribution in [3.8, 4) is 23.1 Å². The lowest BCUT2D eigenvalue weighted by atomic mass is 10.1. The highest BCUT2D eigenvalue weighted by molar-refractivity contribution is 5.91. The van der Waals surface area contributed by atoms with Crippen LogP contribution < -0.4 is 0 Å². The predicted octanol–water partition coefficient (Wildman–Crippen LogP) is 3.19. The van der Waals surface area contributed by atoms with E-state index in [0.717, 1.165) is 16.8 Å². The zero-order valence-electron chi connectivity index (χ0n) is 11.7. The van der Waals surface area contributed by atoms with Crippen LogP contribution in [0.3, 0.4) is 0 Å². The van der Waals surface area contributed by atoms with Crippen LogP contribution in [-0.2, 0) is 0 Å². The molecule has 0 fully saturated rings. The molecule has 0 spiro atoms. The molecule has 3 aromatic rings. The molecule has 0 aliphatic carbocycles. The van der Waals surface area contributed by atoms with Gasteiger partial charge in [-0.05, 0) is 42.8 Å². The Balaban J connectivity index is 2.25.